The van der Waals surface area contributed by atoms with Gasteiger partial charge < -0.3 is 14.6 Å². The van der Waals surface area contributed by atoms with E-state index in [9.17, 15) is 4.39 Å². The molecule has 1 aromatic heterocycles. The van der Waals surface area contributed by atoms with E-state index in [0.29, 0.717) is 5.39 Å². The predicted octanol–water partition coefficient (Wildman–Crippen LogP) is 3.19. The Balaban J connectivity index is 1.64. The third-order valence-electron chi connectivity index (χ3n) is 5.26. The Hall–Kier alpha value is -2.37. The number of benzene rings is 2. The van der Waals surface area contributed by atoms with Gasteiger partial charge in [-0.05, 0) is 42.8 Å². The van der Waals surface area contributed by atoms with Crippen LogP contribution in [0.15, 0.2) is 48.7 Å². The van der Waals surface area contributed by atoms with Gasteiger partial charge in [0, 0.05) is 55.7 Å². The molecule has 1 N–H and O–H groups in total. The van der Waals surface area contributed by atoms with Gasteiger partial charge in [0.05, 0.1) is 12.1 Å². The van der Waals surface area contributed by atoms with Crippen molar-refractivity contribution in [3.63, 3.8) is 0 Å². The third-order valence-corrected chi connectivity index (χ3v) is 5.26. The largest absolute Gasteiger partial charge is 0.395 e. The molecule has 0 bridgehead atoms. The fraction of sp³-hybridized carbons (Fsp3) is 0.333. The third kappa shape index (κ3) is 3.08. The van der Waals surface area contributed by atoms with Crippen LogP contribution in [0.1, 0.15) is 5.56 Å². The molecule has 5 heteroatoms. The predicted molar refractivity (Wildman–Crippen MR) is 104 cm³/mol. The summed E-state index contributed by atoms with van der Waals surface area (Å²) in [6.45, 7) is 6.79. The highest BCUT2D eigenvalue weighted by atomic mass is 19.1. The Morgan fingerprint density at radius 3 is 2.54 bits per heavy atom. The molecule has 4 nitrogen and oxygen atoms in total. The number of aromatic nitrogens is 1. The normalized spacial score (nSPS) is 15.7. The van der Waals surface area contributed by atoms with Crippen LogP contribution in [0.5, 0.6) is 0 Å². The van der Waals surface area contributed by atoms with Gasteiger partial charge in [0.2, 0.25) is 0 Å². The molecule has 1 aliphatic heterocycles. The summed E-state index contributed by atoms with van der Waals surface area (Å²) in [5.74, 6) is -0.180. The average molecular weight is 353 g/mol. The van der Waals surface area contributed by atoms with Crippen molar-refractivity contribution in [2.75, 3.05) is 44.2 Å². The molecule has 0 saturated carbocycles. The maximum Gasteiger partial charge on any atom is 0.132 e. The minimum atomic E-state index is -0.180. The second-order valence-electron chi connectivity index (χ2n) is 6.88. The quantitative estimate of drug-likeness (QED) is 0.782. The van der Waals surface area contributed by atoms with Crippen molar-refractivity contribution < 1.29 is 9.50 Å². The number of rotatable bonds is 4. The molecule has 136 valence electrons. The number of halogens is 1. The summed E-state index contributed by atoms with van der Waals surface area (Å²) in [6, 6.07) is 13.6. The summed E-state index contributed by atoms with van der Waals surface area (Å²) >= 11 is 0. The topological polar surface area (TPSA) is 31.6 Å². The second-order valence-corrected chi connectivity index (χ2v) is 6.88. The number of hydrogen-bond acceptors (Lipinski definition) is 3. The SMILES string of the molecule is Cc1ccc(F)c2ccn(-c3cccc(N4CCN(CCO)CC4)c3)c12. The maximum absolute atomic E-state index is 14.1. The fourth-order valence-electron chi connectivity index (χ4n) is 3.82. The Labute approximate surface area is 153 Å². The molecular formula is C21H24FN3O. The van der Waals surface area contributed by atoms with Gasteiger partial charge in [-0.3, -0.25) is 4.90 Å². The van der Waals surface area contributed by atoms with Gasteiger partial charge in [0.1, 0.15) is 5.82 Å². The van der Waals surface area contributed by atoms with E-state index in [1.807, 2.05) is 25.3 Å². The van der Waals surface area contributed by atoms with Crippen LogP contribution < -0.4 is 4.90 Å². The number of aliphatic hydroxyl groups is 1. The number of nitrogens with zero attached hydrogens (tertiary/aromatic N) is 3. The minimum absolute atomic E-state index is 0.180. The molecule has 26 heavy (non-hydrogen) atoms. The van der Waals surface area contributed by atoms with Gasteiger partial charge in [-0.2, -0.15) is 0 Å². The van der Waals surface area contributed by atoms with Gasteiger partial charge in [-0.15, -0.1) is 0 Å². The molecule has 0 unspecified atom stereocenters. The molecule has 0 amide bonds. The Morgan fingerprint density at radius 2 is 1.77 bits per heavy atom. The van der Waals surface area contributed by atoms with Gasteiger partial charge in [0.15, 0.2) is 0 Å². The lowest BCUT2D eigenvalue weighted by Gasteiger charge is -2.36. The number of aliphatic hydroxyl groups excluding tert-OH is 1. The lowest BCUT2D eigenvalue weighted by molar-refractivity contribution is 0.189. The van der Waals surface area contributed by atoms with Crippen molar-refractivity contribution >= 4 is 16.6 Å². The second kappa shape index (κ2) is 7.09. The summed E-state index contributed by atoms with van der Waals surface area (Å²) in [4.78, 5) is 4.66. The molecule has 2 heterocycles. The van der Waals surface area contributed by atoms with Gasteiger partial charge in [0.25, 0.3) is 0 Å². The molecule has 2 aromatic carbocycles. The number of anilines is 1. The van der Waals surface area contributed by atoms with E-state index >= 15 is 0 Å². The lowest BCUT2D eigenvalue weighted by atomic mass is 10.1. The van der Waals surface area contributed by atoms with Crippen LogP contribution in [0.3, 0.4) is 0 Å². The molecule has 1 saturated heterocycles. The van der Waals surface area contributed by atoms with Crippen molar-refractivity contribution in [1.29, 1.82) is 0 Å². The highest BCUT2D eigenvalue weighted by Gasteiger charge is 2.17. The summed E-state index contributed by atoms with van der Waals surface area (Å²) in [5.41, 5.74) is 4.22. The first-order chi connectivity index (χ1) is 12.7. The zero-order valence-electron chi connectivity index (χ0n) is 15.0. The Bertz CT molecular complexity index is 913. The minimum Gasteiger partial charge on any atom is -0.395 e. The molecule has 1 aliphatic rings. The lowest BCUT2D eigenvalue weighted by Crippen LogP contribution is -2.47. The van der Waals surface area contributed by atoms with E-state index in [1.165, 1.54) is 11.8 Å². The van der Waals surface area contributed by atoms with E-state index in [0.717, 1.165) is 49.5 Å². The van der Waals surface area contributed by atoms with Crippen molar-refractivity contribution in [2.24, 2.45) is 0 Å². The molecular weight excluding hydrogens is 329 g/mol. The van der Waals surface area contributed by atoms with Crippen LogP contribution in [0.2, 0.25) is 0 Å². The van der Waals surface area contributed by atoms with E-state index in [1.54, 1.807) is 0 Å². The zero-order valence-corrected chi connectivity index (χ0v) is 15.0. The summed E-state index contributed by atoms with van der Waals surface area (Å²) < 4.78 is 16.2. The summed E-state index contributed by atoms with van der Waals surface area (Å²) in [6.07, 6.45) is 1.94. The van der Waals surface area contributed by atoms with Crippen LogP contribution in [0.25, 0.3) is 16.6 Å². The van der Waals surface area contributed by atoms with Crippen LogP contribution >= 0.6 is 0 Å². The van der Waals surface area contributed by atoms with Crippen molar-refractivity contribution in [2.45, 2.75) is 6.92 Å². The Morgan fingerprint density at radius 1 is 1.00 bits per heavy atom. The number of hydrogen-bond donors (Lipinski definition) is 1. The van der Waals surface area contributed by atoms with Crippen LogP contribution in [-0.4, -0.2) is 53.9 Å². The van der Waals surface area contributed by atoms with Crippen molar-refractivity contribution in [3.05, 3.63) is 60.0 Å². The van der Waals surface area contributed by atoms with Gasteiger partial charge in [-0.25, -0.2) is 4.39 Å². The highest BCUT2D eigenvalue weighted by Crippen LogP contribution is 2.28. The van der Waals surface area contributed by atoms with Crippen LogP contribution in [0, 0.1) is 12.7 Å². The summed E-state index contributed by atoms with van der Waals surface area (Å²) in [7, 11) is 0. The zero-order chi connectivity index (χ0) is 18.1. The molecule has 0 atom stereocenters. The van der Waals surface area contributed by atoms with Crippen molar-refractivity contribution in [3.8, 4) is 5.69 Å². The Kier molecular flexibility index (Phi) is 4.66. The van der Waals surface area contributed by atoms with Gasteiger partial charge in [-0.1, -0.05) is 12.1 Å². The molecule has 0 spiro atoms. The highest BCUT2D eigenvalue weighted by molar-refractivity contribution is 5.85. The monoisotopic (exact) mass is 353 g/mol. The first kappa shape index (κ1) is 17.1. The van der Waals surface area contributed by atoms with Crippen molar-refractivity contribution in [1.82, 2.24) is 9.47 Å². The van der Waals surface area contributed by atoms with E-state index in [2.05, 4.69) is 38.6 Å². The molecule has 4 rings (SSSR count). The number of β-amino-alcohol motifs (C(OH)–C–C–N with tert-alkyl or cyclic N) is 1. The standard InChI is InChI=1S/C21H24FN3O/c1-16-5-6-20(22)19-7-8-25(21(16)19)18-4-2-3-17(15-18)24-11-9-23(10-12-24)13-14-26/h2-8,15,26H,9-14H2,1H3. The first-order valence-corrected chi connectivity index (χ1v) is 9.12. The van der Waals surface area contributed by atoms with E-state index in [-0.39, 0.29) is 12.4 Å². The smallest absolute Gasteiger partial charge is 0.132 e. The van der Waals surface area contributed by atoms with Crippen LogP contribution in [0.4, 0.5) is 10.1 Å². The summed E-state index contributed by atoms with van der Waals surface area (Å²) in [5, 5.41) is 9.75. The number of piperazine rings is 1. The maximum atomic E-state index is 14.1. The molecule has 3 aromatic rings. The van der Waals surface area contributed by atoms with E-state index < -0.39 is 0 Å². The van der Waals surface area contributed by atoms with E-state index in [4.69, 9.17) is 5.11 Å². The molecule has 1 fully saturated rings. The number of fused-ring (bicyclic) bond motifs is 1. The average Bonchev–Trinajstić information content (AvgIpc) is 3.12. The number of aryl methyl sites for hydroxylation is 1. The van der Waals surface area contributed by atoms with Crippen LogP contribution in [-0.2, 0) is 0 Å². The molecule has 0 radical (unpaired) electrons. The fourth-order valence-corrected chi connectivity index (χ4v) is 3.82. The van der Waals surface area contributed by atoms with Gasteiger partial charge >= 0.3 is 0 Å². The first-order valence-electron chi connectivity index (χ1n) is 9.12. The molecule has 0 aliphatic carbocycles.